The molecule has 0 unspecified atom stereocenters. The minimum absolute atomic E-state index is 0.00923. The van der Waals surface area contributed by atoms with Crippen LogP contribution in [0.5, 0.6) is 5.75 Å². The van der Waals surface area contributed by atoms with E-state index in [-0.39, 0.29) is 36.9 Å². The van der Waals surface area contributed by atoms with Gasteiger partial charge < -0.3 is 20.9 Å². The highest BCUT2D eigenvalue weighted by Gasteiger charge is 2.17. The Morgan fingerprint density at radius 1 is 0.951 bits per heavy atom. The van der Waals surface area contributed by atoms with Crippen LogP contribution in [0, 0.1) is 17.7 Å². The maximum Gasteiger partial charge on any atom is 0.251 e. The van der Waals surface area contributed by atoms with Gasteiger partial charge >= 0.3 is 0 Å². The fourth-order valence-corrected chi connectivity index (χ4v) is 3.53. The summed E-state index contributed by atoms with van der Waals surface area (Å²) in [7, 11) is 0. The first-order valence-corrected chi connectivity index (χ1v) is 14.1. The molecular formula is C34H50N4O3. The molecule has 3 aromatic rings. The summed E-state index contributed by atoms with van der Waals surface area (Å²) >= 11 is 0. The zero-order valence-electron chi connectivity index (χ0n) is 26.6. The number of hydrogen-bond acceptors (Lipinski definition) is 5. The van der Waals surface area contributed by atoms with Gasteiger partial charge in [0.05, 0.1) is 12.3 Å². The number of benzene rings is 2. The summed E-state index contributed by atoms with van der Waals surface area (Å²) in [5.41, 5.74) is 11.2. The van der Waals surface area contributed by atoms with Crippen molar-refractivity contribution in [3.8, 4) is 5.75 Å². The van der Waals surface area contributed by atoms with Gasteiger partial charge in [-0.2, -0.15) is 0 Å². The number of amides is 1. The Bertz CT molecular complexity index is 1250. The van der Waals surface area contributed by atoms with E-state index in [1.54, 1.807) is 18.3 Å². The molecule has 3 rings (SSSR count). The third-order valence-electron chi connectivity index (χ3n) is 5.66. The van der Waals surface area contributed by atoms with Crippen molar-refractivity contribution in [2.75, 3.05) is 0 Å². The Morgan fingerprint density at radius 3 is 1.93 bits per heavy atom. The zero-order valence-corrected chi connectivity index (χ0v) is 26.6. The maximum absolute atomic E-state index is 12.7. The van der Waals surface area contributed by atoms with Gasteiger partial charge in [-0.1, -0.05) is 98.7 Å². The number of nitrogens with two attached hydrogens (primary N) is 1. The van der Waals surface area contributed by atoms with E-state index in [4.69, 9.17) is 15.9 Å². The Morgan fingerprint density at radius 2 is 1.46 bits per heavy atom. The lowest BCUT2D eigenvalue weighted by Crippen LogP contribution is -2.24. The third-order valence-corrected chi connectivity index (χ3v) is 5.66. The summed E-state index contributed by atoms with van der Waals surface area (Å²) in [5.74, 6) is 0.312. The first-order valence-electron chi connectivity index (χ1n) is 14.1. The molecule has 1 heterocycles. The van der Waals surface area contributed by atoms with Crippen molar-refractivity contribution in [1.82, 2.24) is 10.3 Å². The van der Waals surface area contributed by atoms with E-state index >= 15 is 0 Å². The molecular weight excluding hydrogens is 512 g/mol. The van der Waals surface area contributed by atoms with Gasteiger partial charge in [-0.25, -0.2) is 0 Å². The molecule has 2 aromatic carbocycles. The first-order chi connectivity index (χ1) is 19.1. The number of aromatic nitrogens is 1. The van der Waals surface area contributed by atoms with Gasteiger partial charge in [0, 0.05) is 29.4 Å². The summed E-state index contributed by atoms with van der Waals surface area (Å²) in [5, 5.41) is 20.4. The van der Waals surface area contributed by atoms with Gasteiger partial charge in [-0.3, -0.25) is 15.2 Å². The second kappa shape index (κ2) is 15.9. The number of nitrogen functional groups attached to an aromatic ring is 1. The Hall–Kier alpha value is -3.71. The van der Waals surface area contributed by atoms with Crippen LogP contribution in [0.4, 0.5) is 0 Å². The van der Waals surface area contributed by atoms with Crippen LogP contribution in [0.3, 0.4) is 0 Å². The third kappa shape index (κ3) is 12.1. The number of rotatable bonds is 8. The Balaban J connectivity index is 0.00000108. The summed E-state index contributed by atoms with van der Waals surface area (Å²) in [4.78, 5) is 17.1. The highest BCUT2D eigenvalue weighted by Crippen LogP contribution is 2.27. The molecule has 224 valence electrons. The van der Waals surface area contributed by atoms with Crippen LogP contribution < -0.4 is 15.8 Å². The van der Waals surface area contributed by atoms with Crippen LogP contribution in [0.2, 0.25) is 0 Å². The van der Waals surface area contributed by atoms with Crippen molar-refractivity contribution < 1.29 is 14.6 Å². The predicted octanol–water partition coefficient (Wildman–Crippen LogP) is 7.05. The number of nitrogens with zero attached hydrogens (tertiary/aromatic N) is 1. The van der Waals surface area contributed by atoms with E-state index in [0.717, 1.165) is 11.1 Å². The van der Waals surface area contributed by atoms with Crippen molar-refractivity contribution in [1.29, 1.82) is 5.41 Å². The fraction of sp³-hybridized carbons (Fsp3) is 0.441. The number of pyridine rings is 1. The Kier molecular flexibility index (Phi) is 13.7. The molecule has 0 atom stereocenters. The molecule has 1 aromatic heterocycles. The molecule has 7 nitrogen and oxygen atoms in total. The molecule has 0 bridgehead atoms. The van der Waals surface area contributed by atoms with Crippen LogP contribution in [-0.4, -0.2) is 21.8 Å². The SMILES string of the molecule is CC.CC(C)(C)C.Cc1ncc(CNC(=O)c2ccc(C(C)(C)C)cc2)c(CO)c1OCc1ccc(C(=N)N)cc1. The molecule has 0 aliphatic carbocycles. The summed E-state index contributed by atoms with van der Waals surface area (Å²) in [6.07, 6.45) is 1.65. The fourth-order valence-electron chi connectivity index (χ4n) is 3.53. The van der Waals surface area contributed by atoms with Crippen molar-refractivity contribution in [2.24, 2.45) is 11.1 Å². The van der Waals surface area contributed by atoms with Gasteiger partial charge in [-0.05, 0) is 46.6 Å². The largest absolute Gasteiger partial charge is 0.487 e. The number of carbonyl (C=O) groups excluding carboxylic acids is 1. The normalized spacial score (nSPS) is 10.9. The van der Waals surface area contributed by atoms with Crippen LogP contribution >= 0.6 is 0 Å². The van der Waals surface area contributed by atoms with E-state index in [1.165, 1.54) is 0 Å². The highest BCUT2D eigenvalue weighted by atomic mass is 16.5. The van der Waals surface area contributed by atoms with Crippen LogP contribution in [0.1, 0.15) is 106 Å². The first kappa shape index (κ1) is 35.3. The molecule has 0 saturated heterocycles. The average Bonchev–Trinajstić information content (AvgIpc) is 2.91. The van der Waals surface area contributed by atoms with Crippen molar-refractivity contribution in [2.45, 2.75) is 94.4 Å². The van der Waals surface area contributed by atoms with E-state index in [9.17, 15) is 9.90 Å². The summed E-state index contributed by atoms with van der Waals surface area (Å²) in [6.45, 7) is 21.2. The van der Waals surface area contributed by atoms with E-state index < -0.39 is 0 Å². The van der Waals surface area contributed by atoms with Crippen molar-refractivity contribution in [3.05, 3.63) is 93.8 Å². The second-order valence-electron chi connectivity index (χ2n) is 12.2. The van der Waals surface area contributed by atoms with E-state index in [1.807, 2.05) is 57.2 Å². The predicted molar refractivity (Wildman–Crippen MR) is 169 cm³/mol. The maximum atomic E-state index is 12.7. The lowest BCUT2D eigenvalue weighted by Gasteiger charge is -2.19. The highest BCUT2D eigenvalue weighted by molar-refractivity contribution is 5.95. The van der Waals surface area contributed by atoms with Crippen molar-refractivity contribution in [3.63, 3.8) is 0 Å². The number of nitrogens with one attached hydrogen (secondary N) is 2. The lowest BCUT2D eigenvalue weighted by atomic mass is 9.87. The minimum Gasteiger partial charge on any atom is -0.487 e. The minimum atomic E-state index is -0.243. The molecule has 0 radical (unpaired) electrons. The van der Waals surface area contributed by atoms with Crippen molar-refractivity contribution >= 4 is 11.7 Å². The summed E-state index contributed by atoms with van der Waals surface area (Å²) < 4.78 is 6.00. The number of ether oxygens (including phenoxy) is 1. The quantitative estimate of drug-likeness (QED) is 0.173. The molecule has 5 N–H and O–H groups in total. The Labute approximate surface area is 247 Å². The van der Waals surface area contributed by atoms with Gasteiger partial charge in [0.15, 0.2) is 0 Å². The molecule has 7 heteroatoms. The molecule has 0 aliphatic heterocycles. The number of hydrogen-bond donors (Lipinski definition) is 4. The topological polar surface area (TPSA) is 121 Å². The molecule has 0 fully saturated rings. The second-order valence-corrected chi connectivity index (χ2v) is 12.2. The molecule has 0 aliphatic rings. The molecule has 0 saturated carbocycles. The van der Waals surface area contributed by atoms with Gasteiger partial charge in [-0.15, -0.1) is 0 Å². The number of carbonyl (C=O) groups is 1. The van der Waals surface area contributed by atoms with E-state index in [2.05, 4.69) is 58.8 Å². The molecule has 0 spiro atoms. The van der Waals surface area contributed by atoms with Crippen LogP contribution in [0.15, 0.2) is 54.7 Å². The standard InChI is InChI=1S/C27H32N4O3.C5H12.C2H6/c1-17-24(34-16-18-5-7-19(8-6-18)25(28)29)23(15-32)21(13-30-17)14-31-26(33)20-9-11-22(12-10-20)27(2,3)4;1-5(2,3)4;1-2/h5-13,32H,14-16H2,1-4H3,(H3,28,29)(H,31,33);1-4H3;1-2H3. The van der Waals surface area contributed by atoms with Gasteiger partial charge in [0.2, 0.25) is 0 Å². The summed E-state index contributed by atoms with van der Waals surface area (Å²) in [6, 6.07) is 14.8. The smallest absolute Gasteiger partial charge is 0.251 e. The van der Waals surface area contributed by atoms with Gasteiger partial charge in [0.25, 0.3) is 5.91 Å². The van der Waals surface area contributed by atoms with Crippen LogP contribution in [0.25, 0.3) is 0 Å². The molecule has 41 heavy (non-hydrogen) atoms. The monoisotopic (exact) mass is 562 g/mol. The number of amidine groups is 1. The number of aryl methyl sites for hydroxylation is 1. The van der Waals surface area contributed by atoms with E-state index in [0.29, 0.717) is 39.1 Å². The average molecular weight is 563 g/mol. The lowest BCUT2D eigenvalue weighted by molar-refractivity contribution is 0.0950. The zero-order chi connectivity index (χ0) is 31.4. The number of aliphatic hydroxyl groups is 1. The van der Waals surface area contributed by atoms with Gasteiger partial charge in [0.1, 0.15) is 18.2 Å². The number of aliphatic hydroxyl groups excluding tert-OH is 1. The molecule has 1 amide bonds. The van der Waals surface area contributed by atoms with Crippen LogP contribution in [-0.2, 0) is 25.2 Å².